The van der Waals surface area contributed by atoms with Gasteiger partial charge in [-0.1, -0.05) is 20.8 Å². The lowest BCUT2D eigenvalue weighted by molar-refractivity contribution is 0.0585. The molecule has 0 radical (unpaired) electrons. The first-order valence-corrected chi connectivity index (χ1v) is 5.87. The molecule has 5 nitrogen and oxygen atoms in total. The third-order valence-electron chi connectivity index (χ3n) is 2.79. The molecule has 1 unspecified atom stereocenters. The maximum atomic E-state index is 11.7. The van der Waals surface area contributed by atoms with E-state index in [4.69, 9.17) is 0 Å². The summed E-state index contributed by atoms with van der Waals surface area (Å²) in [6.45, 7) is 7.30. The van der Waals surface area contributed by atoms with Gasteiger partial charge in [0, 0.05) is 18.3 Å². The Morgan fingerprint density at radius 2 is 2.06 bits per heavy atom. The Labute approximate surface area is 107 Å². The molecule has 0 saturated heterocycles. The molecule has 100 valence electrons. The first-order valence-electron chi connectivity index (χ1n) is 5.87. The SMILES string of the molecule is CC(=O)c1c[nH]c(C(=O)NCC(O)C(C)(C)C)c1. The average Bonchev–Trinajstić information content (AvgIpc) is 2.73. The Balaban J connectivity index is 2.58. The summed E-state index contributed by atoms with van der Waals surface area (Å²) in [6, 6.07) is 1.50. The number of rotatable bonds is 4. The predicted octanol–water partition coefficient (Wildman–Crippen LogP) is 1.35. The molecule has 0 aliphatic rings. The molecule has 1 aromatic heterocycles. The number of H-pyrrole nitrogens is 1. The van der Waals surface area contributed by atoms with Gasteiger partial charge in [-0.05, 0) is 18.4 Å². The highest BCUT2D eigenvalue weighted by molar-refractivity contribution is 5.99. The van der Waals surface area contributed by atoms with Crippen molar-refractivity contribution in [3.05, 3.63) is 23.5 Å². The molecule has 0 aliphatic carbocycles. The second-order valence-electron chi connectivity index (χ2n) is 5.45. The van der Waals surface area contributed by atoms with Crippen molar-refractivity contribution in [2.24, 2.45) is 5.41 Å². The maximum Gasteiger partial charge on any atom is 0.267 e. The van der Waals surface area contributed by atoms with E-state index in [2.05, 4.69) is 10.3 Å². The van der Waals surface area contributed by atoms with Gasteiger partial charge in [0.1, 0.15) is 5.69 Å². The monoisotopic (exact) mass is 252 g/mol. The number of amides is 1. The lowest BCUT2D eigenvalue weighted by atomic mass is 9.89. The Hall–Kier alpha value is -1.62. The van der Waals surface area contributed by atoms with E-state index in [0.29, 0.717) is 11.3 Å². The van der Waals surface area contributed by atoms with Crippen LogP contribution in [0.25, 0.3) is 0 Å². The van der Waals surface area contributed by atoms with Crippen LogP contribution >= 0.6 is 0 Å². The number of nitrogens with one attached hydrogen (secondary N) is 2. The number of hydrogen-bond acceptors (Lipinski definition) is 3. The molecule has 1 amide bonds. The minimum Gasteiger partial charge on any atom is -0.391 e. The van der Waals surface area contributed by atoms with Gasteiger partial charge in [-0.2, -0.15) is 0 Å². The molecule has 0 fully saturated rings. The number of carbonyl (C=O) groups excluding carboxylic acids is 2. The zero-order valence-corrected chi connectivity index (χ0v) is 11.2. The van der Waals surface area contributed by atoms with E-state index >= 15 is 0 Å². The second kappa shape index (κ2) is 5.35. The summed E-state index contributed by atoms with van der Waals surface area (Å²) in [5, 5.41) is 12.4. The summed E-state index contributed by atoms with van der Waals surface area (Å²) in [5.74, 6) is -0.425. The van der Waals surface area contributed by atoms with E-state index in [0.717, 1.165) is 0 Å². The first-order chi connectivity index (χ1) is 8.21. The van der Waals surface area contributed by atoms with E-state index in [1.807, 2.05) is 20.8 Å². The van der Waals surface area contributed by atoms with Crippen LogP contribution in [-0.4, -0.2) is 34.4 Å². The highest BCUT2D eigenvalue weighted by atomic mass is 16.3. The van der Waals surface area contributed by atoms with Crippen LogP contribution in [0.2, 0.25) is 0 Å². The molecule has 1 rings (SSSR count). The van der Waals surface area contributed by atoms with Crippen LogP contribution in [0.15, 0.2) is 12.3 Å². The summed E-state index contributed by atoms with van der Waals surface area (Å²) in [5.41, 5.74) is 0.505. The molecule has 18 heavy (non-hydrogen) atoms. The number of aromatic amines is 1. The second-order valence-corrected chi connectivity index (χ2v) is 5.45. The van der Waals surface area contributed by atoms with Crippen LogP contribution in [0.3, 0.4) is 0 Å². The molecule has 1 heterocycles. The summed E-state index contributed by atoms with van der Waals surface area (Å²) in [4.78, 5) is 25.6. The number of carbonyl (C=O) groups is 2. The summed E-state index contributed by atoms with van der Waals surface area (Å²) >= 11 is 0. The van der Waals surface area contributed by atoms with Crippen molar-refractivity contribution in [3.63, 3.8) is 0 Å². The van der Waals surface area contributed by atoms with E-state index in [1.165, 1.54) is 19.2 Å². The van der Waals surface area contributed by atoms with E-state index in [-0.39, 0.29) is 23.7 Å². The van der Waals surface area contributed by atoms with Crippen LogP contribution in [-0.2, 0) is 0 Å². The summed E-state index contributed by atoms with van der Waals surface area (Å²) in [7, 11) is 0. The van der Waals surface area contributed by atoms with Crippen molar-refractivity contribution in [2.45, 2.75) is 33.8 Å². The predicted molar refractivity (Wildman–Crippen MR) is 68.6 cm³/mol. The van der Waals surface area contributed by atoms with Gasteiger partial charge >= 0.3 is 0 Å². The molecule has 0 saturated carbocycles. The highest BCUT2D eigenvalue weighted by Gasteiger charge is 2.22. The van der Waals surface area contributed by atoms with Gasteiger partial charge in [0.2, 0.25) is 0 Å². The van der Waals surface area contributed by atoms with Crippen molar-refractivity contribution in [1.29, 1.82) is 0 Å². The zero-order valence-electron chi connectivity index (χ0n) is 11.2. The third kappa shape index (κ3) is 3.70. The molecule has 1 aromatic rings. The number of aromatic nitrogens is 1. The number of ketones is 1. The van der Waals surface area contributed by atoms with E-state index in [9.17, 15) is 14.7 Å². The topological polar surface area (TPSA) is 82.2 Å². The van der Waals surface area contributed by atoms with Crippen LogP contribution in [0.4, 0.5) is 0 Å². The van der Waals surface area contributed by atoms with Gasteiger partial charge in [0.15, 0.2) is 5.78 Å². The molecular weight excluding hydrogens is 232 g/mol. The smallest absolute Gasteiger partial charge is 0.267 e. The average molecular weight is 252 g/mol. The molecule has 0 aromatic carbocycles. The Morgan fingerprint density at radius 1 is 1.44 bits per heavy atom. The van der Waals surface area contributed by atoms with Crippen LogP contribution < -0.4 is 5.32 Å². The Bertz CT molecular complexity index is 443. The molecule has 5 heteroatoms. The fourth-order valence-corrected chi connectivity index (χ4v) is 1.32. The Kier molecular flexibility index (Phi) is 4.29. The standard InChI is InChI=1S/C13H20N2O3/c1-8(16)9-5-10(14-6-9)12(18)15-7-11(17)13(2,3)4/h5-6,11,14,17H,7H2,1-4H3,(H,15,18). The largest absolute Gasteiger partial charge is 0.391 e. The number of hydrogen-bond donors (Lipinski definition) is 3. The van der Waals surface area contributed by atoms with Gasteiger partial charge < -0.3 is 15.4 Å². The van der Waals surface area contributed by atoms with E-state index in [1.54, 1.807) is 0 Å². The molecule has 1 atom stereocenters. The molecule has 0 spiro atoms. The van der Waals surface area contributed by atoms with Crippen molar-refractivity contribution in [3.8, 4) is 0 Å². The van der Waals surface area contributed by atoms with Gasteiger partial charge in [0.25, 0.3) is 5.91 Å². The number of Topliss-reactive ketones (excluding diaryl/α,β-unsaturated/α-hetero) is 1. The Morgan fingerprint density at radius 3 is 2.50 bits per heavy atom. The normalized spacial score (nSPS) is 13.2. The van der Waals surface area contributed by atoms with Crippen molar-refractivity contribution >= 4 is 11.7 Å². The maximum absolute atomic E-state index is 11.7. The number of aliphatic hydroxyl groups excluding tert-OH is 1. The minimum atomic E-state index is -0.622. The fourth-order valence-electron chi connectivity index (χ4n) is 1.32. The summed E-state index contributed by atoms with van der Waals surface area (Å²) in [6.07, 6.45) is 0.876. The van der Waals surface area contributed by atoms with Gasteiger partial charge in [-0.25, -0.2) is 0 Å². The van der Waals surface area contributed by atoms with Crippen molar-refractivity contribution < 1.29 is 14.7 Å². The quantitative estimate of drug-likeness (QED) is 0.707. The highest BCUT2D eigenvalue weighted by Crippen LogP contribution is 2.18. The van der Waals surface area contributed by atoms with Crippen LogP contribution in [0.5, 0.6) is 0 Å². The molecule has 0 aliphatic heterocycles. The zero-order chi connectivity index (χ0) is 13.9. The van der Waals surface area contributed by atoms with Gasteiger partial charge in [-0.15, -0.1) is 0 Å². The molecular formula is C13H20N2O3. The molecule has 3 N–H and O–H groups in total. The van der Waals surface area contributed by atoms with Crippen molar-refractivity contribution in [2.75, 3.05) is 6.54 Å². The summed E-state index contributed by atoms with van der Waals surface area (Å²) < 4.78 is 0. The van der Waals surface area contributed by atoms with Crippen molar-refractivity contribution in [1.82, 2.24) is 10.3 Å². The fraction of sp³-hybridized carbons (Fsp3) is 0.538. The molecule has 0 bridgehead atoms. The van der Waals surface area contributed by atoms with Crippen LogP contribution in [0.1, 0.15) is 48.5 Å². The van der Waals surface area contributed by atoms with E-state index < -0.39 is 6.10 Å². The van der Waals surface area contributed by atoms with Gasteiger partial charge in [0.05, 0.1) is 6.10 Å². The lowest BCUT2D eigenvalue weighted by Crippen LogP contribution is -2.39. The third-order valence-corrected chi connectivity index (χ3v) is 2.79. The number of aliphatic hydroxyl groups is 1. The van der Waals surface area contributed by atoms with Gasteiger partial charge in [-0.3, -0.25) is 9.59 Å². The lowest BCUT2D eigenvalue weighted by Gasteiger charge is -2.25. The minimum absolute atomic E-state index is 0.0972. The van der Waals surface area contributed by atoms with Crippen LogP contribution in [0, 0.1) is 5.41 Å². The first kappa shape index (κ1) is 14.4.